The van der Waals surface area contributed by atoms with Crippen LogP contribution >= 0.6 is 0 Å². The number of hydrogen-bond acceptors (Lipinski definition) is 7. The Morgan fingerprint density at radius 3 is 2.57 bits per heavy atom. The van der Waals surface area contributed by atoms with Gasteiger partial charge in [-0.15, -0.1) is 15.1 Å². The normalized spacial score (nSPS) is 22.9. The highest BCUT2D eigenvalue weighted by Gasteiger charge is 2.59. The lowest BCUT2D eigenvalue weighted by atomic mass is 9.98. The SMILES string of the molecule is COC(=O)C1=NN(N=O)[C@H]2C(=O)N(Cc3ccccc3)C(=O)[C@@H]12. The number of nitrogens with zero attached hydrogens (tertiary/aromatic N) is 4. The van der Waals surface area contributed by atoms with Gasteiger partial charge < -0.3 is 4.74 Å². The zero-order valence-electron chi connectivity index (χ0n) is 12.1. The summed E-state index contributed by atoms with van der Waals surface area (Å²) in [4.78, 5) is 48.6. The van der Waals surface area contributed by atoms with Gasteiger partial charge in [-0.05, 0) is 5.56 Å². The van der Waals surface area contributed by atoms with Crippen molar-refractivity contribution in [2.24, 2.45) is 16.3 Å². The molecule has 2 aliphatic rings. The van der Waals surface area contributed by atoms with Crippen LogP contribution in [0.3, 0.4) is 0 Å². The number of carbonyl (C=O) groups is 3. The molecule has 9 heteroatoms. The third-order valence-electron chi connectivity index (χ3n) is 3.78. The number of esters is 1. The van der Waals surface area contributed by atoms with Crippen LogP contribution in [0.25, 0.3) is 0 Å². The molecule has 1 aromatic carbocycles. The van der Waals surface area contributed by atoms with Gasteiger partial charge in [0, 0.05) is 0 Å². The van der Waals surface area contributed by atoms with Gasteiger partial charge in [0.2, 0.25) is 5.91 Å². The van der Waals surface area contributed by atoms with E-state index in [4.69, 9.17) is 0 Å². The molecule has 2 atom stereocenters. The first kappa shape index (κ1) is 14.8. The fourth-order valence-electron chi connectivity index (χ4n) is 2.71. The molecule has 0 unspecified atom stereocenters. The Bertz CT molecular complexity index is 717. The predicted molar refractivity (Wildman–Crippen MR) is 76.4 cm³/mol. The van der Waals surface area contributed by atoms with E-state index < -0.39 is 29.7 Å². The van der Waals surface area contributed by atoms with E-state index in [-0.39, 0.29) is 12.3 Å². The minimum atomic E-state index is -1.22. The number of carbonyl (C=O) groups excluding carboxylic acids is 3. The van der Waals surface area contributed by atoms with Crippen molar-refractivity contribution < 1.29 is 19.1 Å². The first-order valence-corrected chi connectivity index (χ1v) is 6.77. The average molecular weight is 316 g/mol. The van der Waals surface area contributed by atoms with Crippen molar-refractivity contribution in [2.45, 2.75) is 12.6 Å². The monoisotopic (exact) mass is 316 g/mol. The predicted octanol–water partition coefficient (Wildman–Crippen LogP) is 0.0662. The molecule has 2 amide bonds. The summed E-state index contributed by atoms with van der Waals surface area (Å²) in [6.45, 7) is 0.0483. The second-order valence-electron chi connectivity index (χ2n) is 5.05. The Balaban J connectivity index is 1.92. The summed E-state index contributed by atoms with van der Waals surface area (Å²) in [6, 6.07) is 7.67. The highest BCUT2D eigenvalue weighted by molar-refractivity contribution is 6.43. The van der Waals surface area contributed by atoms with Crippen LogP contribution in [0.1, 0.15) is 5.56 Å². The van der Waals surface area contributed by atoms with Gasteiger partial charge in [0.15, 0.2) is 11.8 Å². The minimum Gasteiger partial charge on any atom is -0.464 e. The first-order chi connectivity index (χ1) is 11.1. The van der Waals surface area contributed by atoms with Crippen LogP contribution in [0.5, 0.6) is 0 Å². The number of hydrazone groups is 1. The van der Waals surface area contributed by atoms with E-state index in [1.807, 2.05) is 6.07 Å². The number of hydrogen-bond donors (Lipinski definition) is 0. The second kappa shape index (κ2) is 5.59. The maximum absolute atomic E-state index is 12.5. The molecule has 1 saturated heterocycles. The molecule has 2 aliphatic heterocycles. The van der Waals surface area contributed by atoms with Gasteiger partial charge in [-0.2, -0.15) is 0 Å². The molecule has 0 saturated carbocycles. The van der Waals surface area contributed by atoms with Gasteiger partial charge >= 0.3 is 5.97 Å². The summed E-state index contributed by atoms with van der Waals surface area (Å²) < 4.78 is 4.55. The number of nitroso groups, excluding NO2 is 1. The number of benzene rings is 1. The summed E-state index contributed by atoms with van der Waals surface area (Å²) in [5.74, 6) is -3.25. The van der Waals surface area contributed by atoms with Crippen molar-refractivity contribution in [1.82, 2.24) is 10.0 Å². The Morgan fingerprint density at radius 2 is 1.96 bits per heavy atom. The average Bonchev–Trinajstić information content (AvgIpc) is 3.07. The minimum absolute atomic E-state index is 0.0483. The van der Waals surface area contributed by atoms with E-state index in [0.717, 1.165) is 17.6 Å². The lowest BCUT2D eigenvalue weighted by Crippen LogP contribution is -2.36. The van der Waals surface area contributed by atoms with Crippen LogP contribution in [0, 0.1) is 10.8 Å². The number of amides is 2. The van der Waals surface area contributed by atoms with Gasteiger partial charge in [0.1, 0.15) is 5.92 Å². The van der Waals surface area contributed by atoms with Crippen molar-refractivity contribution in [2.75, 3.05) is 7.11 Å². The molecule has 1 aromatic rings. The molecule has 118 valence electrons. The van der Waals surface area contributed by atoms with E-state index in [2.05, 4.69) is 15.1 Å². The van der Waals surface area contributed by atoms with Crippen molar-refractivity contribution >= 4 is 23.5 Å². The lowest BCUT2D eigenvalue weighted by Gasteiger charge is -2.16. The molecule has 1 fully saturated rings. The molecule has 0 aliphatic carbocycles. The maximum Gasteiger partial charge on any atom is 0.355 e. The van der Waals surface area contributed by atoms with E-state index in [9.17, 15) is 19.3 Å². The Kier molecular flexibility index (Phi) is 3.61. The topological polar surface area (TPSA) is 109 Å². The largest absolute Gasteiger partial charge is 0.464 e. The van der Waals surface area contributed by atoms with Crippen LogP contribution in [0.2, 0.25) is 0 Å². The third-order valence-corrected chi connectivity index (χ3v) is 3.78. The lowest BCUT2D eigenvalue weighted by molar-refractivity contribution is -0.141. The Labute approximate surface area is 130 Å². The Hall–Kier alpha value is -3.10. The number of imide groups is 1. The van der Waals surface area contributed by atoms with Crippen LogP contribution in [0.15, 0.2) is 40.7 Å². The molecular weight excluding hydrogens is 304 g/mol. The molecule has 0 aromatic heterocycles. The van der Waals surface area contributed by atoms with Gasteiger partial charge in [-0.1, -0.05) is 30.3 Å². The second-order valence-corrected chi connectivity index (χ2v) is 5.05. The highest BCUT2D eigenvalue weighted by Crippen LogP contribution is 2.33. The van der Waals surface area contributed by atoms with Gasteiger partial charge in [-0.3, -0.25) is 14.5 Å². The molecule has 2 heterocycles. The van der Waals surface area contributed by atoms with Gasteiger partial charge in [0.25, 0.3) is 5.91 Å². The number of likely N-dealkylation sites (tertiary alicyclic amines) is 1. The van der Waals surface area contributed by atoms with Crippen molar-refractivity contribution in [3.63, 3.8) is 0 Å². The molecule has 0 bridgehead atoms. The van der Waals surface area contributed by atoms with Crippen LogP contribution in [0.4, 0.5) is 0 Å². The van der Waals surface area contributed by atoms with Crippen molar-refractivity contribution in [3.8, 4) is 0 Å². The molecule has 23 heavy (non-hydrogen) atoms. The molecule has 0 N–H and O–H groups in total. The molecular formula is C14H12N4O5. The molecule has 0 radical (unpaired) electrons. The number of rotatable bonds is 4. The standard InChI is InChI=1S/C14H12N4O5/c1-23-14(21)10-9-11(18(15-10)16-22)13(20)17(12(9)19)7-8-5-3-2-4-6-8/h2-6,9,11H,7H2,1H3/t9-,11+/m0/s1. The van der Waals surface area contributed by atoms with Crippen LogP contribution in [-0.4, -0.2) is 46.7 Å². The van der Waals surface area contributed by atoms with Crippen molar-refractivity contribution in [1.29, 1.82) is 0 Å². The molecule has 3 rings (SSSR count). The number of ether oxygens (including phenoxy) is 1. The number of fused-ring (bicyclic) bond motifs is 1. The summed E-state index contributed by atoms with van der Waals surface area (Å²) in [5, 5.41) is 6.80. The fourth-order valence-corrected chi connectivity index (χ4v) is 2.71. The first-order valence-electron chi connectivity index (χ1n) is 6.77. The zero-order chi connectivity index (χ0) is 16.6. The van der Waals surface area contributed by atoms with E-state index in [0.29, 0.717) is 5.12 Å². The highest BCUT2D eigenvalue weighted by atomic mass is 16.5. The fraction of sp³-hybridized carbons (Fsp3) is 0.286. The van der Waals surface area contributed by atoms with Crippen LogP contribution in [-0.2, 0) is 25.7 Å². The van der Waals surface area contributed by atoms with E-state index in [1.165, 1.54) is 0 Å². The quantitative estimate of drug-likeness (QED) is 0.441. The van der Waals surface area contributed by atoms with Gasteiger partial charge in [-0.25, -0.2) is 4.79 Å². The third kappa shape index (κ3) is 2.26. The zero-order valence-corrected chi connectivity index (χ0v) is 12.1. The van der Waals surface area contributed by atoms with E-state index in [1.54, 1.807) is 24.3 Å². The van der Waals surface area contributed by atoms with E-state index >= 15 is 0 Å². The number of methoxy groups -OCH3 is 1. The summed E-state index contributed by atoms with van der Waals surface area (Å²) >= 11 is 0. The smallest absolute Gasteiger partial charge is 0.355 e. The van der Waals surface area contributed by atoms with Crippen LogP contribution < -0.4 is 0 Å². The van der Waals surface area contributed by atoms with Crippen molar-refractivity contribution in [3.05, 3.63) is 40.8 Å². The summed E-state index contributed by atoms with van der Waals surface area (Å²) in [7, 11) is 1.12. The Morgan fingerprint density at radius 1 is 1.26 bits per heavy atom. The summed E-state index contributed by atoms with van der Waals surface area (Å²) in [6.07, 6.45) is 0. The molecule has 9 nitrogen and oxygen atoms in total. The maximum atomic E-state index is 12.5. The van der Waals surface area contributed by atoms with Gasteiger partial charge in [0.05, 0.1) is 18.9 Å². The molecule has 0 spiro atoms. The summed E-state index contributed by atoms with van der Waals surface area (Å²) in [5.41, 5.74) is 0.461.